The number of rotatable bonds is 3. The predicted octanol–water partition coefficient (Wildman–Crippen LogP) is -2.09. The number of aliphatic hydroxyl groups excluding tert-OH is 3. The Bertz CT molecular complexity index is 274. The van der Waals surface area contributed by atoms with Gasteiger partial charge in [0.15, 0.2) is 0 Å². The minimum Gasteiger partial charge on any atom is -0.394 e. The van der Waals surface area contributed by atoms with Crippen molar-refractivity contribution >= 4 is 13.3 Å². The fourth-order valence-corrected chi connectivity index (χ4v) is 0.813. The van der Waals surface area contributed by atoms with E-state index in [0.29, 0.717) is 0 Å². The molecule has 0 radical (unpaired) electrons. The van der Waals surface area contributed by atoms with E-state index >= 15 is 0 Å². The number of benzene rings is 1. The molecule has 1 rings (SSSR count). The average Bonchev–Trinajstić information content (AvgIpc) is 2.33. The van der Waals surface area contributed by atoms with Crippen molar-refractivity contribution in [2.75, 3.05) is 19.8 Å². The highest BCUT2D eigenvalue weighted by Crippen LogP contribution is 1.93. The second-order valence-corrected chi connectivity index (χ2v) is 3.92. The van der Waals surface area contributed by atoms with Crippen LogP contribution in [0.5, 0.6) is 0 Å². The molecule has 0 atom stereocenters. The van der Waals surface area contributed by atoms with Crippen molar-refractivity contribution < 1.29 is 15.3 Å². The SMILES string of the molecule is Bc1ccccc1C.NC(CO)(CO)CO. The smallest absolute Gasteiger partial charge is 0.139 e. The molecule has 5 heteroatoms. The molecule has 1 aromatic carbocycles. The summed E-state index contributed by atoms with van der Waals surface area (Å²) >= 11 is 0. The molecule has 0 aliphatic rings. The molecule has 0 amide bonds. The first-order chi connectivity index (χ1) is 7.49. The van der Waals surface area contributed by atoms with Crippen LogP contribution in [0.3, 0.4) is 0 Å². The van der Waals surface area contributed by atoms with E-state index in [1.165, 1.54) is 11.0 Å². The number of hydrogen-bond acceptors (Lipinski definition) is 4. The molecule has 0 spiro atoms. The lowest BCUT2D eigenvalue weighted by molar-refractivity contribution is 0.0698. The van der Waals surface area contributed by atoms with E-state index in [2.05, 4.69) is 39.0 Å². The van der Waals surface area contributed by atoms with Crippen LogP contribution >= 0.6 is 0 Å². The molecule has 0 aliphatic carbocycles. The van der Waals surface area contributed by atoms with Crippen LogP contribution in [0.4, 0.5) is 0 Å². The van der Waals surface area contributed by atoms with E-state index in [1.807, 2.05) is 0 Å². The largest absolute Gasteiger partial charge is 0.394 e. The highest BCUT2D eigenvalue weighted by atomic mass is 16.3. The van der Waals surface area contributed by atoms with E-state index in [0.717, 1.165) is 0 Å². The van der Waals surface area contributed by atoms with Gasteiger partial charge in [-0.3, -0.25) is 0 Å². The zero-order valence-corrected chi connectivity index (χ0v) is 9.85. The lowest BCUT2D eigenvalue weighted by Gasteiger charge is -2.20. The van der Waals surface area contributed by atoms with Crippen LogP contribution in [-0.4, -0.2) is 48.5 Å². The summed E-state index contributed by atoms with van der Waals surface area (Å²) in [6.07, 6.45) is 0. The molecule has 0 heterocycles. The van der Waals surface area contributed by atoms with Crippen LogP contribution in [0.15, 0.2) is 24.3 Å². The van der Waals surface area contributed by atoms with Crippen molar-refractivity contribution in [2.24, 2.45) is 5.73 Å². The Morgan fingerprint density at radius 2 is 1.56 bits per heavy atom. The number of aryl methyl sites for hydroxylation is 1. The normalized spacial score (nSPS) is 10.6. The Hall–Kier alpha value is -0.875. The second-order valence-electron chi connectivity index (χ2n) is 3.92. The van der Waals surface area contributed by atoms with Crippen LogP contribution < -0.4 is 11.2 Å². The van der Waals surface area contributed by atoms with Gasteiger partial charge in [0.1, 0.15) is 7.85 Å². The highest BCUT2D eigenvalue weighted by molar-refractivity contribution is 6.33. The zero-order valence-electron chi connectivity index (χ0n) is 9.85. The molecule has 4 nitrogen and oxygen atoms in total. The van der Waals surface area contributed by atoms with Gasteiger partial charge < -0.3 is 21.1 Å². The first kappa shape index (κ1) is 15.1. The summed E-state index contributed by atoms with van der Waals surface area (Å²) in [4.78, 5) is 0. The van der Waals surface area contributed by atoms with Crippen molar-refractivity contribution in [3.8, 4) is 0 Å². The first-order valence-electron chi connectivity index (χ1n) is 5.13. The van der Waals surface area contributed by atoms with Crippen LogP contribution in [0.1, 0.15) is 5.56 Å². The lowest BCUT2D eigenvalue weighted by Crippen LogP contribution is -2.50. The summed E-state index contributed by atoms with van der Waals surface area (Å²) in [5, 5.41) is 25.0. The second kappa shape index (κ2) is 7.41. The van der Waals surface area contributed by atoms with Gasteiger partial charge in [-0.2, -0.15) is 0 Å². The third kappa shape index (κ3) is 5.28. The Labute approximate surface area is 97.1 Å². The predicted molar refractivity (Wildman–Crippen MR) is 67.5 cm³/mol. The minimum absolute atomic E-state index is 0.403. The topological polar surface area (TPSA) is 86.7 Å². The maximum atomic E-state index is 8.34. The zero-order chi connectivity index (χ0) is 12.6. The van der Waals surface area contributed by atoms with Crippen molar-refractivity contribution in [2.45, 2.75) is 12.5 Å². The van der Waals surface area contributed by atoms with Gasteiger partial charge in [-0.15, -0.1) is 0 Å². The minimum atomic E-state index is -1.21. The summed E-state index contributed by atoms with van der Waals surface area (Å²) < 4.78 is 0. The van der Waals surface area contributed by atoms with Crippen molar-refractivity contribution in [3.63, 3.8) is 0 Å². The molecular weight excluding hydrogens is 205 g/mol. The molecule has 0 fully saturated rings. The molecule has 0 aliphatic heterocycles. The maximum absolute atomic E-state index is 8.34. The molecule has 0 saturated carbocycles. The fraction of sp³-hybridized carbons (Fsp3) is 0.455. The molecule has 0 aromatic heterocycles. The van der Waals surface area contributed by atoms with E-state index in [4.69, 9.17) is 21.1 Å². The monoisotopic (exact) mass is 225 g/mol. The van der Waals surface area contributed by atoms with Crippen molar-refractivity contribution in [3.05, 3.63) is 29.8 Å². The van der Waals surface area contributed by atoms with E-state index in [-0.39, 0.29) is 0 Å². The summed E-state index contributed by atoms with van der Waals surface area (Å²) in [6.45, 7) is 0.912. The average molecular weight is 225 g/mol. The highest BCUT2D eigenvalue weighted by Gasteiger charge is 2.20. The van der Waals surface area contributed by atoms with Crippen LogP contribution in [0.2, 0.25) is 0 Å². The van der Waals surface area contributed by atoms with Crippen molar-refractivity contribution in [1.29, 1.82) is 0 Å². The number of nitrogens with two attached hydrogens (primary N) is 1. The van der Waals surface area contributed by atoms with Gasteiger partial charge in [-0.25, -0.2) is 0 Å². The third-order valence-corrected chi connectivity index (χ3v) is 2.37. The Kier molecular flexibility index (Phi) is 7.00. The van der Waals surface area contributed by atoms with Gasteiger partial charge in [0, 0.05) is 0 Å². The van der Waals surface area contributed by atoms with Crippen molar-refractivity contribution in [1.82, 2.24) is 0 Å². The molecule has 5 N–H and O–H groups in total. The maximum Gasteiger partial charge on any atom is 0.139 e. The van der Waals surface area contributed by atoms with E-state index in [9.17, 15) is 0 Å². The van der Waals surface area contributed by atoms with Crippen LogP contribution in [0.25, 0.3) is 0 Å². The van der Waals surface area contributed by atoms with Gasteiger partial charge in [-0.1, -0.05) is 35.3 Å². The van der Waals surface area contributed by atoms with Gasteiger partial charge in [-0.05, 0) is 6.92 Å². The fourth-order valence-electron chi connectivity index (χ4n) is 0.813. The third-order valence-electron chi connectivity index (χ3n) is 2.37. The quantitative estimate of drug-likeness (QED) is 0.444. The van der Waals surface area contributed by atoms with Gasteiger partial charge in [0.2, 0.25) is 0 Å². The molecule has 1 aromatic rings. The van der Waals surface area contributed by atoms with Gasteiger partial charge >= 0.3 is 0 Å². The Morgan fingerprint density at radius 1 is 1.12 bits per heavy atom. The van der Waals surface area contributed by atoms with Crippen LogP contribution in [-0.2, 0) is 0 Å². The van der Waals surface area contributed by atoms with Crippen LogP contribution in [0, 0.1) is 6.92 Å². The van der Waals surface area contributed by atoms with Gasteiger partial charge in [0.25, 0.3) is 0 Å². The number of aliphatic hydroxyl groups is 3. The summed E-state index contributed by atoms with van der Waals surface area (Å²) in [7, 11) is 2.12. The molecule has 0 saturated heterocycles. The van der Waals surface area contributed by atoms with E-state index in [1.54, 1.807) is 0 Å². The van der Waals surface area contributed by atoms with Gasteiger partial charge in [0.05, 0.1) is 25.4 Å². The molecular formula is C11H20BNO3. The Balaban J connectivity index is 0.000000281. The lowest BCUT2D eigenvalue weighted by atomic mass is 9.92. The molecule has 90 valence electrons. The molecule has 0 unspecified atom stereocenters. The summed E-state index contributed by atoms with van der Waals surface area (Å²) in [6, 6.07) is 8.36. The molecule has 16 heavy (non-hydrogen) atoms. The first-order valence-corrected chi connectivity index (χ1v) is 5.13. The molecule has 0 bridgehead atoms. The summed E-state index contributed by atoms with van der Waals surface area (Å²) in [5.41, 5.74) is 6.67. The summed E-state index contributed by atoms with van der Waals surface area (Å²) in [5.74, 6) is 0. The van der Waals surface area contributed by atoms with E-state index < -0.39 is 25.4 Å². The Morgan fingerprint density at radius 3 is 1.75 bits per heavy atom. The number of hydrogen-bond donors (Lipinski definition) is 4. The standard InChI is InChI=1S/C7H9B.C4H11NO3/c1-6-4-2-3-5-7(6)8;5-4(1-6,2-7)3-8/h2-5H,8H2,1H3;6-8H,1-3,5H2.